The van der Waals surface area contributed by atoms with Gasteiger partial charge >= 0.3 is 0 Å². The van der Waals surface area contributed by atoms with Crippen LogP contribution in [0.5, 0.6) is 5.75 Å². The van der Waals surface area contributed by atoms with Crippen LogP contribution in [0.2, 0.25) is 0 Å². The van der Waals surface area contributed by atoms with Crippen LogP contribution >= 0.6 is 0 Å². The number of hydrogen-bond donors (Lipinski definition) is 2. The molecule has 0 spiro atoms. The molecule has 2 N–H and O–H groups in total. The van der Waals surface area contributed by atoms with Gasteiger partial charge in [0.2, 0.25) is 5.91 Å². The standard InChI is InChI=1S/C13H17NO3/c1-9(15)14-10-4-2-5-11(8-10)17-13-7-3-6-12(13)16/h2,4-5,8,12-13,16H,3,6-7H2,1H3,(H,14,15)/t12-,13-/m1/s1. The van der Waals surface area contributed by atoms with E-state index in [0.717, 1.165) is 19.3 Å². The fourth-order valence-corrected chi connectivity index (χ4v) is 2.07. The van der Waals surface area contributed by atoms with Gasteiger partial charge in [-0.05, 0) is 31.4 Å². The molecule has 0 saturated heterocycles. The molecule has 1 fully saturated rings. The van der Waals surface area contributed by atoms with Crippen molar-refractivity contribution in [2.24, 2.45) is 0 Å². The van der Waals surface area contributed by atoms with E-state index >= 15 is 0 Å². The Hall–Kier alpha value is -1.55. The molecule has 1 aromatic carbocycles. The van der Waals surface area contributed by atoms with Gasteiger partial charge < -0.3 is 15.2 Å². The van der Waals surface area contributed by atoms with Gasteiger partial charge in [-0.1, -0.05) is 6.07 Å². The number of benzene rings is 1. The number of anilines is 1. The second-order valence-corrected chi connectivity index (χ2v) is 4.36. The number of aliphatic hydroxyl groups excluding tert-OH is 1. The van der Waals surface area contributed by atoms with E-state index in [1.165, 1.54) is 6.92 Å². The number of nitrogens with one attached hydrogen (secondary N) is 1. The molecule has 1 aliphatic carbocycles. The molecule has 2 atom stereocenters. The van der Waals surface area contributed by atoms with Gasteiger partial charge in [0, 0.05) is 18.7 Å². The predicted octanol–water partition coefficient (Wildman–Crippen LogP) is 1.94. The van der Waals surface area contributed by atoms with E-state index in [1.807, 2.05) is 12.1 Å². The Morgan fingerprint density at radius 2 is 2.29 bits per heavy atom. The van der Waals surface area contributed by atoms with Crippen LogP contribution in [0.4, 0.5) is 5.69 Å². The molecule has 2 rings (SSSR count). The van der Waals surface area contributed by atoms with Crippen molar-refractivity contribution in [1.29, 1.82) is 0 Å². The maximum Gasteiger partial charge on any atom is 0.221 e. The van der Waals surface area contributed by atoms with E-state index in [1.54, 1.807) is 12.1 Å². The topological polar surface area (TPSA) is 58.6 Å². The van der Waals surface area contributed by atoms with Crippen molar-refractivity contribution in [3.8, 4) is 5.75 Å². The van der Waals surface area contributed by atoms with Crippen molar-refractivity contribution in [3.05, 3.63) is 24.3 Å². The first-order chi connectivity index (χ1) is 8.15. The first-order valence-corrected chi connectivity index (χ1v) is 5.87. The second-order valence-electron chi connectivity index (χ2n) is 4.36. The molecule has 1 saturated carbocycles. The molecular formula is C13H17NO3. The Bertz CT molecular complexity index is 405. The number of aliphatic hydroxyl groups is 1. The highest BCUT2D eigenvalue weighted by Gasteiger charge is 2.26. The number of carbonyl (C=O) groups is 1. The molecule has 0 bridgehead atoms. The lowest BCUT2D eigenvalue weighted by Gasteiger charge is -2.17. The summed E-state index contributed by atoms with van der Waals surface area (Å²) < 4.78 is 5.71. The van der Waals surface area contributed by atoms with Gasteiger partial charge in [-0.15, -0.1) is 0 Å². The molecule has 0 aromatic heterocycles. The van der Waals surface area contributed by atoms with E-state index in [4.69, 9.17) is 4.74 Å². The Labute approximate surface area is 101 Å². The van der Waals surface area contributed by atoms with Crippen LogP contribution in [0.1, 0.15) is 26.2 Å². The molecule has 0 unspecified atom stereocenters. The zero-order chi connectivity index (χ0) is 12.3. The van der Waals surface area contributed by atoms with E-state index < -0.39 is 0 Å². The van der Waals surface area contributed by atoms with Gasteiger partial charge in [-0.25, -0.2) is 0 Å². The van der Waals surface area contributed by atoms with Gasteiger partial charge in [0.25, 0.3) is 0 Å². The summed E-state index contributed by atoms with van der Waals surface area (Å²) in [6.45, 7) is 1.47. The van der Waals surface area contributed by atoms with E-state index in [-0.39, 0.29) is 18.1 Å². The number of hydrogen-bond acceptors (Lipinski definition) is 3. The van der Waals surface area contributed by atoms with Crippen LogP contribution in [-0.4, -0.2) is 23.2 Å². The molecule has 1 aromatic rings. The highest BCUT2D eigenvalue weighted by atomic mass is 16.5. The third-order valence-electron chi connectivity index (χ3n) is 2.86. The quantitative estimate of drug-likeness (QED) is 0.841. The van der Waals surface area contributed by atoms with Gasteiger partial charge in [0.15, 0.2) is 0 Å². The Balaban J connectivity index is 2.03. The highest BCUT2D eigenvalue weighted by Crippen LogP contribution is 2.26. The van der Waals surface area contributed by atoms with Gasteiger partial charge in [0.1, 0.15) is 11.9 Å². The summed E-state index contributed by atoms with van der Waals surface area (Å²) in [5, 5.41) is 12.4. The molecule has 17 heavy (non-hydrogen) atoms. The SMILES string of the molecule is CC(=O)Nc1cccc(O[C@@H]2CCC[C@H]2O)c1. The fourth-order valence-electron chi connectivity index (χ4n) is 2.07. The van der Waals surface area contributed by atoms with Crippen molar-refractivity contribution >= 4 is 11.6 Å². The van der Waals surface area contributed by atoms with Crippen LogP contribution in [0.3, 0.4) is 0 Å². The summed E-state index contributed by atoms with van der Waals surface area (Å²) in [5.41, 5.74) is 0.711. The molecule has 0 aliphatic heterocycles. The first-order valence-electron chi connectivity index (χ1n) is 5.87. The monoisotopic (exact) mass is 235 g/mol. The summed E-state index contributed by atoms with van der Waals surface area (Å²) in [4.78, 5) is 10.9. The highest BCUT2D eigenvalue weighted by molar-refractivity contribution is 5.88. The third-order valence-corrected chi connectivity index (χ3v) is 2.86. The van der Waals surface area contributed by atoms with Gasteiger partial charge in [-0.3, -0.25) is 4.79 Å². The second kappa shape index (κ2) is 5.19. The normalized spacial score (nSPS) is 23.4. The minimum atomic E-state index is -0.376. The fraction of sp³-hybridized carbons (Fsp3) is 0.462. The Kier molecular flexibility index (Phi) is 3.64. The van der Waals surface area contributed by atoms with Crippen molar-refractivity contribution in [3.63, 3.8) is 0 Å². The summed E-state index contributed by atoms with van der Waals surface area (Å²) in [5.74, 6) is 0.574. The number of ether oxygens (including phenoxy) is 1. The summed E-state index contributed by atoms with van der Waals surface area (Å²) in [6, 6.07) is 7.23. The van der Waals surface area contributed by atoms with Crippen LogP contribution in [-0.2, 0) is 4.79 Å². The molecule has 92 valence electrons. The van der Waals surface area contributed by atoms with E-state index in [0.29, 0.717) is 11.4 Å². The van der Waals surface area contributed by atoms with Crippen molar-refractivity contribution in [1.82, 2.24) is 0 Å². The van der Waals surface area contributed by atoms with Crippen LogP contribution in [0.15, 0.2) is 24.3 Å². The van der Waals surface area contributed by atoms with Gasteiger partial charge in [0.05, 0.1) is 6.10 Å². The van der Waals surface area contributed by atoms with Crippen molar-refractivity contribution < 1.29 is 14.6 Å². The summed E-state index contributed by atoms with van der Waals surface area (Å²) in [7, 11) is 0. The van der Waals surface area contributed by atoms with Crippen molar-refractivity contribution in [2.45, 2.75) is 38.4 Å². The minimum Gasteiger partial charge on any atom is -0.488 e. The number of amides is 1. The maximum absolute atomic E-state index is 10.9. The van der Waals surface area contributed by atoms with Gasteiger partial charge in [-0.2, -0.15) is 0 Å². The summed E-state index contributed by atoms with van der Waals surface area (Å²) >= 11 is 0. The maximum atomic E-state index is 10.9. The molecule has 1 aliphatic rings. The lowest BCUT2D eigenvalue weighted by atomic mass is 10.2. The van der Waals surface area contributed by atoms with E-state index in [2.05, 4.69) is 5.32 Å². The average Bonchev–Trinajstić information content (AvgIpc) is 2.64. The summed E-state index contributed by atoms with van der Waals surface area (Å²) in [6.07, 6.45) is 2.18. The minimum absolute atomic E-state index is 0.108. The smallest absolute Gasteiger partial charge is 0.221 e. The third kappa shape index (κ3) is 3.20. The Morgan fingerprint density at radius 3 is 2.94 bits per heavy atom. The van der Waals surface area contributed by atoms with Crippen LogP contribution < -0.4 is 10.1 Å². The van der Waals surface area contributed by atoms with Crippen LogP contribution in [0.25, 0.3) is 0 Å². The Morgan fingerprint density at radius 1 is 1.47 bits per heavy atom. The number of rotatable bonds is 3. The van der Waals surface area contributed by atoms with Crippen molar-refractivity contribution in [2.75, 3.05) is 5.32 Å². The lowest BCUT2D eigenvalue weighted by molar-refractivity contribution is -0.114. The number of carbonyl (C=O) groups excluding carboxylic acids is 1. The average molecular weight is 235 g/mol. The molecule has 4 heteroatoms. The largest absolute Gasteiger partial charge is 0.488 e. The predicted molar refractivity (Wildman–Crippen MR) is 65.0 cm³/mol. The van der Waals surface area contributed by atoms with E-state index in [9.17, 15) is 9.90 Å². The molecular weight excluding hydrogens is 218 g/mol. The first kappa shape index (κ1) is 11.9. The molecule has 0 radical (unpaired) electrons. The molecule has 1 amide bonds. The lowest BCUT2D eigenvalue weighted by Crippen LogP contribution is -2.25. The molecule has 4 nitrogen and oxygen atoms in total. The molecule has 0 heterocycles. The zero-order valence-corrected chi connectivity index (χ0v) is 9.85. The zero-order valence-electron chi connectivity index (χ0n) is 9.85. The van der Waals surface area contributed by atoms with Crippen LogP contribution in [0, 0.1) is 0 Å².